The van der Waals surface area contributed by atoms with E-state index in [0.29, 0.717) is 48.7 Å². The lowest BCUT2D eigenvalue weighted by atomic mass is 10.2. The summed E-state index contributed by atoms with van der Waals surface area (Å²) >= 11 is 0. The van der Waals surface area contributed by atoms with Gasteiger partial charge in [0.15, 0.2) is 5.82 Å². The van der Waals surface area contributed by atoms with Crippen molar-refractivity contribution in [2.75, 3.05) is 26.3 Å². The average Bonchev–Trinajstić information content (AvgIpc) is 3.50. The van der Waals surface area contributed by atoms with Crippen LogP contribution < -0.4 is 5.56 Å². The second-order valence-electron chi connectivity index (χ2n) is 7.83. The molecule has 32 heavy (non-hydrogen) atoms. The number of para-hydroxylation sites is 1. The monoisotopic (exact) mass is 432 g/mol. The Kier molecular flexibility index (Phi) is 5.10. The van der Waals surface area contributed by atoms with Gasteiger partial charge in [0.25, 0.3) is 5.56 Å². The van der Waals surface area contributed by atoms with Crippen molar-refractivity contribution in [3.63, 3.8) is 0 Å². The normalized spacial score (nSPS) is 15.2. The highest BCUT2D eigenvalue weighted by molar-refractivity contribution is 5.88. The summed E-state index contributed by atoms with van der Waals surface area (Å²) in [4.78, 5) is 28.5. The number of hydrogen-bond acceptors (Lipinski definition) is 5. The van der Waals surface area contributed by atoms with Gasteiger partial charge in [-0.1, -0.05) is 18.2 Å². The van der Waals surface area contributed by atoms with Gasteiger partial charge < -0.3 is 14.2 Å². The number of carbonyl (C=O) groups excluding carboxylic acids is 1. The molecule has 1 aliphatic heterocycles. The van der Waals surface area contributed by atoms with E-state index in [2.05, 4.69) is 5.10 Å². The summed E-state index contributed by atoms with van der Waals surface area (Å²) in [6.07, 6.45) is 3.75. The second kappa shape index (κ2) is 8.08. The largest absolute Gasteiger partial charge is 0.378 e. The number of morpholine rings is 1. The van der Waals surface area contributed by atoms with Gasteiger partial charge in [0, 0.05) is 25.5 Å². The number of aromatic nitrogens is 5. The highest BCUT2D eigenvalue weighted by atomic mass is 16.5. The summed E-state index contributed by atoms with van der Waals surface area (Å²) in [7, 11) is 0. The van der Waals surface area contributed by atoms with Gasteiger partial charge in [-0.05, 0) is 38.1 Å². The first-order chi connectivity index (χ1) is 15.6. The average molecular weight is 432 g/mol. The molecule has 1 atom stereocenters. The van der Waals surface area contributed by atoms with E-state index in [-0.39, 0.29) is 11.5 Å². The fourth-order valence-electron chi connectivity index (χ4n) is 4.11. The number of carbonyl (C=O) groups is 1. The molecule has 3 aromatic heterocycles. The standard InChI is InChI=1S/C23H24N6O3/c1-16-20-19(23(31)28(24-16)17(2)22(30)27-12-14-32-15-13-27)21(26-10-6-7-11-26)29(25-20)18-8-4-3-5-9-18/h3-11,17H,12-15H2,1-2H3/t17-/m0/s1. The number of hydrogen-bond donors (Lipinski definition) is 0. The summed E-state index contributed by atoms with van der Waals surface area (Å²) < 4.78 is 10.2. The number of nitrogens with zero attached hydrogens (tertiary/aromatic N) is 6. The molecule has 0 saturated carbocycles. The van der Waals surface area contributed by atoms with Crippen molar-refractivity contribution in [3.05, 3.63) is 70.9 Å². The van der Waals surface area contributed by atoms with Gasteiger partial charge in [0.05, 0.1) is 24.6 Å². The maximum absolute atomic E-state index is 13.7. The van der Waals surface area contributed by atoms with Gasteiger partial charge >= 0.3 is 0 Å². The van der Waals surface area contributed by atoms with Crippen molar-refractivity contribution >= 4 is 16.8 Å². The van der Waals surface area contributed by atoms with Crippen molar-refractivity contribution < 1.29 is 9.53 Å². The predicted molar refractivity (Wildman–Crippen MR) is 119 cm³/mol. The van der Waals surface area contributed by atoms with Crippen molar-refractivity contribution in [1.29, 1.82) is 0 Å². The maximum Gasteiger partial charge on any atom is 0.280 e. The first-order valence-electron chi connectivity index (χ1n) is 10.6. The SMILES string of the molecule is Cc1nn([C@@H](C)C(=O)N2CCOCC2)c(=O)c2c(-n3cccc3)n(-c3ccccc3)nc12. The van der Waals surface area contributed by atoms with E-state index < -0.39 is 6.04 Å². The van der Waals surface area contributed by atoms with Crippen molar-refractivity contribution in [1.82, 2.24) is 29.0 Å². The van der Waals surface area contributed by atoms with E-state index in [1.165, 1.54) is 4.68 Å². The minimum atomic E-state index is -0.735. The van der Waals surface area contributed by atoms with E-state index in [4.69, 9.17) is 9.84 Å². The third-order valence-corrected chi connectivity index (χ3v) is 5.78. The van der Waals surface area contributed by atoms with E-state index in [1.807, 2.05) is 66.3 Å². The topological polar surface area (TPSA) is 87.2 Å². The van der Waals surface area contributed by atoms with Gasteiger partial charge in [-0.2, -0.15) is 10.2 Å². The van der Waals surface area contributed by atoms with Crippen molar-refractivity contribution in [3.8, 4) is 11.5 Å². The summed E-state index contributed by atoms with van der Waals surface area (Å²) in [5, 5.41) is 9.66. The Morgan fingerprint density at radius 1 is 1.03 bits per heavy atom. The van der Waals surface area contributed by atoms with Crippen LogP contribution in [0.25, 0.3) is 22.4 Å². The molecule has 4 aromatic rings. The first-order valence-corrected chi connectivity index (χ1v) is 10.6. The van der Waals surface area contributed by atoms with Crippen LogP contribution >= 0.6 is 0 Å². The van der Waals surface area contributed by atoms with Gasteiger partial charge in [0.2, 0.25) is 5.91 Å². The molecule has 1 saturated heterocycles. The molecule has 9 heteroatoms. The van der Waals surface area contributed by atoms with Crippen LogP contribution in [0.4, 0.5) is 0 Å². The molecule has 1 fully saturated rings. The molecular weight excluding hydrogens is 408 g/mol. The van der Waals surface area contributed by atoms with E-state index in [0.717, 1.165) is 5.69 Å². The highest BCUT2D eigenvalue weighted by Gasteiger charge is 2.28. The fraction of sp³-hybridized carbons (Fsp3) is 0.304. The van der Waals surface area contributed by atoms with Crippen molar-refractivity contribution in [2.45, 2.75) is 19.9 Å². The maximum atomic E-state index is 13.7. The molecule has 1 aromatic carbocycles. The van der Waals surface area contributed by atoms with Crippen LogP contribution in [-0.2, 0) is 9.53 Å². The molecule has 164 valence electrons. The smallest absolute Gasteiger partial charge is 0.280 e. The third kappa shape index (κ3) is 3.31. The Morgan fingerprint density at radius 2 is 1.72 bits per heavy atom. The molecule has 0 unspecified atom stereocenters. The van der Waals surface area contributed by atoms with E-state index in [9.17, 15) is 9.59 Å². The summed E-state index contributed by atoms with van der Waals surface area (Å²) in [6.45, 7) is 5.56. The molecule has 0 bridgehead atoms. The fourth-order valence-corrected chi connectivity index (χ4v) is 4.11. The molecule has 5 rings (SSSR count). The molecule has 1 aliphatic rings. The lowest BCUT2D eigenvalue weighted by Gasteiger charge is -2.29. The second-order valence-corrected chi connectivity index (χ2v) is 7.83. The van der Waals surface area contributed by atoms with Crippen molar-refractivity contribution in [2.24, 2.45) is 0 Å². The zero-order valence-corrected chi connectivity index (χ0v) is 18.0. The number of aryl methyl sites for hydroxylation is 1. The minimum Gasteiger partial charge on any atom is -0.378 e. The molecule has 1 amide bonds. The zero-order valence-electron chi connectivity index (χ0n) is 18.0. The van der Waals surface area contributed by atoms with Crippen LogP contribution in [0.5, 0.6) is 0 Å². The molecule has 0 spiro atoms. The Morgan fingerprint density at radius 3 is 2.41 bits per heavy atom. The molecule has 0 N–H and O–H groups in total. The van der Waals surface area contributed by atoms with Gasteiger partial charge in [0.1, 0.15) is 16.9 Å². The number of rotatable bonds is 4. The third-order valence-electron chi connectivity index (χ3n) is 5.78. The van der Waals surface area contributed by atoms with Crippen LogP contribution in [0.3, 0.4) is 0 Å². The van der Waals surface area contributed by atoms with Gasteiger partial charge in [-0.3, -0.25) is 9.59 Å². The number of ether oxygens (including phenoxy) is 1. The summed E-state index contributed by atoms with van der Waals surface area (Å²) in [5.74, 6) is 0.478. The van der Waals surface area contributed by atoms with Crippen LogP contribution in [0.2, 0.25) is 0 Å². The molecule has 9 nitrogen and oxygen atoms in total. The van der Waals surface area contributed by atoms with Gasteiger partial charge in [-0.15, -0.1) is 0 Å². The first kappa shape index (κ1) is 20.2. The Hall–Kier alpha value is -3.72. The van der Waals surface area contributed by atoms with Crippen LogP contribution in [0, 0.1) is 6.92 Å². The molecule has 0 aliphatic carbocycles. The van der Waals surface area contributed by atoms with E-state index >= 15 is 0 Å². The molecular formula is C23H24N6O3. The number of fused-ring (bicyclic) bond motifs is 1. The lowest BCUT2D eigenvalue weighted by molar-refractivity contribution is -0.138. The minimum absolute atomic E-state index is 0.139. The highest BCUT2D eigenvalue weighted by Crippen LogP contribution is 2.25. The van der Waals surface area contributed by atoms with Crippen LogP contribution in [0.1, 0.15) is 18.7 Å². The Balaban J connectivity index is 1.71. The zero-order chi connectivity index (χ0) is 22.2. The van der Waals surface area contributed by atoms with Gasteiger partial charge in [-0.25, -0.2) is 9.36 Å². The Labute approximate surface area is 184 Å². The predicted octanol–water partition coefficient (Wildman–Crippen LogP) is 2.10. The number of benzene rings is 1. The summed E-state index contributed by atoms with van der Waals surface area (Å²) in [5.41, 5.74) is 1.59. The lowest BCUT2D eigenvalue weighted by Crippen LogP contribution is -2.45. The van der Waals surface area contributed by atoms with Crippen LogP contribution in [-0.4, -0.2) is 61.2 Å². The molecule has 4 heterocycles. The van der Waals surface area contributed by atoms with Crippen LogP contribution in [0.15, 0.2) is 59.7 Å². The number of amides is 1. The molecule has 0 radical (unpaired) electrons. The quantitative estimate of drug-likeness (QED) is 0.493. The van der Waals surface area contributed by atoms with E-state index in [1.54, 1.807) is 16.5 Å². The Bertz CT molecular complexity index is 1320. The summed E-state index contributed by atoms with van der Waals surface area (Å²) in [6, 6.07) is 12.7.